The van der Waals surface area contributed by atoms with Gasteiger partial charge in [0.2, 0.25) is 11.8 Å². The maximum atomic E-state index is 13.4. The Hall–Kier alpha value is -1.98. The van der Waals surface area contributed by atoms with Crippen molar-refractivity contribution in [2.75, 3.05) is 5.75 Å². The summed E-state index contributed by atoms with van der Waals surface area (Å²) in [5, 5.41) is 3.94. The molecular weight excluding hydrogens is 452 g/mol. The van der Waals surface area contributed by atoms with Gasteiger partial charge in [-0.15, -0.1) is 11.8 Å². The molecule has 0 heterocycles. The van der Waals surface area contributed by atoms with Crippen LogP contribution < -0.4 is 5.32 Å². The Labute approximate surface area is 207 Å². The van der Waals surface area contributed by atoms with Crippen molar-refractivity contribution in [2.24, 2.45) is 0 Å². The zero-order chi connectivity index (χ0) is 23.6. The Morgan fingerprint density at radius 3 is 2.48 bits per heavy atom. The summed E-state index contributed by atoms with van der Waals surface area (Å²) in [4.78, 5) is 29.5. The van der Waals surface area contributed by atoms with Crippen LogP contribution in [-0.2, 0) is 16.1 Å². The van der Waals surface area contributed by atoms with Crippen LogP contribution in [0.2, 0.25) is 5.02 Å². The maximum absolute atomic E-state index is 13.4. The smallest absolute Gasteiger partial charge is 0.243 e. The third-order valence-corrected chi connectivity index (χ3v) is 7.66. The number of nitrogens with one attached hydrogen (secondary N) is 1. The summed E-state index contributed by atoms with van der Waals surface area (Å²) in [6.07, 6.45) is 6.20. The average molecular weight is 487 g/mol. The predicted molar refractivity (Wildman–Crippen MR) is 138 cm³/mol. The van der Waals surface area contributed by atoms with Crippen molar-refractivity contribution in [3.05, 3.63) is 64.7 Å². The number of hydrogen-bond acceptors (Lipinski definition) is 3. The third-order valence-electron chi connectivity index (χ3n) is 6.31. The molecule has 1 aliphatic carbocycles. The number of hydrogen-bond donors (Lipinski definition) is 1. The fourth-order valence-corrected chi connectivity index (χ4v) is 5.32. The van der Waals surface area contributed by atoms with Crippen LogP contribution in [0.3, 0.4) is 0 Å². The minimum Gasteiger partial charge on any atom is -0.352 e. The molecule has 0 aromatic heterocycles. The lowest BCUT2D eigenvalue weighted by Crippen LogP contribution is -2.51. The Balaban J connectivity index is 1.65. The van der Waals surface area contributed by atoms with Crippen LogP contribution in [0.15, 0.2) is 53.4 Å². The Bertz CT molecular complexity index is 913. The molecule has 0 bridgehead atoms. The molecule has 1 aliphatic rings. The first kappa shape index (κ1) is 25.6. The van der Waals surface area contributed by atoms with E-state index in [9.17, 15) is 9.59 Å². The van der Waals surface area contributed by atoms with E-state index in [1.165, 1.54) is 12.8 Å². The number of carbonyl (C=O) groups excluding carboxylic acids is 2. The summed E-state index contributed by atoms with van der Waals surface area (Å²) in [7, 11) is 0. The van der Waals surface area contributed by atoms with E-state index in [1.54, 1.807) is 16.7 Å². The van der Waals surface area contributed by atoms with Crippen molar-refractivity contribution in [3.8, 4) is 0 Å². The summed E-state index contributed by atoms with van der Waals surface area (Å²) in [6.45, 7) is 4.51. The summed E-state index contributed by atoms with van der Waals surface area (Å²) in [6, 6.07) is 15.7. The normalized spacial score (nSPS) is 14.8. The fourth-order valence-electron chi connectivity index (χ4n) is 4.35. The maximum Gasteiger partial charge on any atom is 0.243 e. The molecule has 0 unspecified atom stereocenters. The molecule has 0 spiro atoms. The number of amides is 2. The van der Waals surface area contributed by atoms with E-state index in [2.05, 4.69) is 18.3 Å². The molecule has 4 nitrogen and oxygen atoms in total. The van der Waals surface area contributed by atoms with Crippen LogP contribution in [0.4, 0.5) is 0 Å². The Morgan fingerprint density at radius 1 is 1.12 bits per heavy atom. The van der Waals surface area contributed by atoms with E-state index in [-0.39, 0.29) is 17.9 Å². The standard InChI is InChI=1S/C27H35ClN2O2S/c1-3-25(27(32)29-23-11-6-7-12-23)30(19-21-10-5-4-9-20(21)2)26(31)13-8-18-33-24-16-14-22(28)15-17-24/h4-5,9-10,14-17,23,25H,3,6-8,11-13,18-19H2,1-2H3,(H,29,32)/t25-/m0/s1. The minimum atomic E-state index is -0.443. The van der Waals surface area contributed by atoms with Crippen molar-refractivity contribution >= 4 is 35.2 Å². The van der Waals surface area contributed by atoms with Gasteiger partial charge < -0.3 is 10.2 Å². The van der Waals surface area contributed by atoms with Gasteiger partial charge in [0.15, 0.2) is 0 Å². The number of carbonyl (C=O) groups is 2. The second-order valence-corrected chi connectivity index (χ2v) is 10.4. The molecule has 1 saturated carbocycles. The highest BCUT2D eigenvalue weighted by Gasteiger charge is 2.30. The van der Waals surface area contributed by atoms with Gasteiger partial charge in [-0.25, -0.2) is 0 Å². The van der Waals surface area contributed by atoms with E-state index in [1.807, 2.05) is 49.4 Å². The van der Waals surface area contributed by atoms with E-state index in [0.717, 1.165) is 46.1 Å². The van der Waals surface area contributed by atoms with Gasteiger partial charge in [0.05, 0.1) is 0 Å². The van der Waals surface area contributed by atoms with E-state index in [4.69, 9.17) is 11.6 Å². The van der Waals surface area contributed by atoms with Crippen molar-refractivity contribution in [3.63, 3.8) is 0 Å². The van der Waals surface area contributed by atoms with Crippen molar-refractivity contribution in [2.45, 2.75) is 82.3 Å². The van der Waals surface area contributed by atoms with Gasteiger partial charge in [0.25, 0.3) is 0 Å². The Kier molecular flexibility index (Phi) is 10.1. The van der Waals surface area contributed by atoms with Crippen LogP contribution in [0, 0.1) is 6.92 Å². The van der Waals surface area contributed by atoms with Gasteiger partial charge in [0, 0.05) is 28.9 Å². The lowest BCUT2D eigenvalue weighted by molar-refractivity contribution is -0.141. The molecule has 33 heavy (non-hydrogen) atoms. The summed E-state index contributed by atoms with van der Waals surface area (Å²) in [5.41, 5.74) is 2.23. The molecule has 6 heteroatoms. The fraction of sp³-hybridized carbons (Fsp3) is 0.481. The van der Waals surface area contributed by atoms with Crippen LogP contribution in [0.25, 0.3) is 0 Å². The molecule has 1 atom stereocenters. The lowest BCUT2D eigenvalue weighted by Gasteiger charge is -2.32. The lowest BCUT2D eigenvalue weighted by atomic mass is 10.0. The molecule has 3 rings (SSSR count). The molecule has 178 valence electrons. The van der Waals surface area contributed by atoms with Crippen LogP contribution >= 0.6 is 23.4 Å². The van der Waals surface area contributed by atoms with Crippen molar-refractivity contribution < 1.29 is 9.59 Å². The third kappa shape index (κ3) is 7.79. The predicted octanol–water partition coefficient (Wildman–Crippen LogP) is 6.39. The zero-order valence-electron chi connectivity index (χ0n) is 19.7. The van der Waals surface area contributed by atoms with Gasteiger partial charge in [-0.3, -0.25) is 9.59 Å². The van der Waals surface area contributed by atoms with Crippen LogP contribution in [0.1, 0.15) is 63.0 Å². The largest absolute Gasteiger partial charge is 0.352 e. The SMILES string of the molecule is CC[C@@H](C(=O)NC1CCCC1)N(Cc1ccccc1C)C(=O)CCCSc1ccc(Cl)cc1. The van der Waals surface area contributed by atoms with Crippen LogP contribution in [0.5, 0.6) is 0 Å². The first-order valence-electron chi connectivity index (χ1n) is 12.0. The van der Waals surface area contributed by atoms with Gasteiger partial charge in [0.1, 0.15) is 6.04 Å². The van der Waals surface area contributed by atoms with E-state index < -0.39 is 6.04 Å². The molecule has 2 aromatic carbocycles. The average Bonchev–Trinajstić information content (AvgIpc) is 3.32. The first-order valence-corrected chi connectivity index (χ1v) is 13.4. The van der Waals surface area contributed by atoms with Gasteiger partial charge >= 0.3 is 0 Å². The molecule has 1 N–H and O–H groups in total. The molecule has 2 amide bonds. The van der Waals surface area contributed by atoms with Gasteiger partial charge in [-0.05, 0) is 73.8 Å². The van der Waals surface area contributed by atoms with Gasteiger partial charge in [-0.1, -0.05) is 55.6 Å². The number of aryl methyl sites for hydroxylation is 1. The zero-order valence-corrected chi connectivity index (χ0v) is 21.3. The number of benzene rings is 2. The van der Waals surface area contributed by atoms with Crippen molar-refractivity contribution in [1.29, 1.82) is 0 Å². The molecule has 0 radical (unpaired) electrons. The Morgan fingerprint density at radius 2 is 1.82 bits per heavy atom. The highest BCUT2D eigenvalue weighted by atomic mass is 35.5. The van der Waals surface area contributed by atoms with E-state index >= 15 is 0 Å². The minimum absolute atomic E-state index is 0.0122. The summed E-state index contributed by atoms with van der Waals surface area (Å²) < 4.78 is 0. The van der Waals surface area contributed by atoms with E-state index in [0.29, 0.717) is 19.4 Å². The number of thioether (sulfide) groups is 1. The van der Waals surface area contributed by atoms with Crippen LogP contribution in [-0.4, -0.2) is 34.6 Å². The topological polar surface area (TPSA) is 49.4 Å². The number of nitrogens with zero attached hydrogens (tertiary/aromatic N) is 1. The second-order valence-electron chi connectivity index (χ2n) is 8.77. The summed E-state index contributed by atoms with van der Waals surface area (Å²) in [5.74, 6) is 0.877. The highest BCUT2D eigenvalue weighted by Crippen LogP contribution is 2.23. The van der Waals surface area contributed by atoms with Gasteiger partial charge in [-0.2, -0.15) is 0 Å². The summed E-state index contributed by atoms with van der Waals surface area (Å²) >= 11 is 7.68. The monoisotopic (exact) mass is 486 g/mol. The second kappa shape index (κ2) is 13.0. The molecule has 0 aliphatic heterocycles. The first-order chi connectivity index (χ1) is 16.0. The highest BCUT2D eigenvalue weighted by molar-refractivity contribution is 7.99. The molecule has 0 saturated heterocycles. The molecular formula is C27H35ClN2O2S. The molecule has 1 fully saturated rings. The number of halogens is 1. The molecule has 2 aromatic rings. The van der Waals surface area contributed by atoms with Crippen molar-refractivity contribution in [1.82, 2.24) is 10.2 Å². The quantitative estimate of drug-likeness (QED) is 0.296. The number of rotatable bonds is 11.